The summed E-state index contributed by atoms with van der Waals surface area (Å²) in [4.78, 5) is 6.40. The van der Waals surface area contributed by atoms with E-state index in [1.807, 2.05) is 0 Å². The topological polar surface area (TPSA) is 24.7 Å². The summed E-state index contributed by atoms with van der Waals surface area (Å²) < 4.78 is 11.8. The van der Waals surface area contributed by atoms with Crippen LogP contribution in [0.3, 0.4) is 0 Å². The fourth-order valence-electron chi connectivity index (χ4n) is 0.177. The van der Waals surface area contributed by atoms with Gasteiger partial charge in [-0.15, -0.1) is 0 Å². The lowest BCUT2D eigenvalue weighted by Gasteiger charge is -1.76. The Kier molecular flexibility index (Phi) is 3.66. The summed E-state index contributed by atoms with van der Waals surface area (Å²) in [6.45, 7) is 4.63. The van der Waals surface area contributed by atoms with Gasteiger partial charge in [0.1, 0.15) is 0 Å². The number of halogens is 1. The molecule has 0 amide bonds. The molecule has 0 spiro atoms. The van der Waals surface area contributed by atoms with E-state index in [0.717, 1.165) is 6.20 Å². The maximum atomic E-state index is 11.8. The molecule has 0 saturated carbocycles. The third kappa shape index (κ3) is 3.21. The van der Waals surface area contributed by atoms with Gasteiger partial charge in [0, 0.05) is 6.21 Å². The molecule has 0 bridgehead atoms. The van der Waals surface area contributed by atoms with Crippen molar-refractivity contribution in [3.05, 3.63) is 12.2 Å². The van der Waals surface area contributed by atoms with Gasteiger partial charge in [-0.1, -0.05) is 0 Å². The standard InChI is InChI=1S/C5H7FN2/c1-3-8-4-5(6)7-2/h3-4H,2H2,1H3/b5-4-,8-3?. The Bertz CT molecular complexity index is 126. The smallest absolute Gasteiger partial charge is 0.230 e. The number of rotatable bonds is 2. The predicted molar refractivity (Wildman–Crippen MR) is 32.9 cm³/mol. The summed E-state index contributed by atoms with van der Waals surface area (Å²) in [5, 5.41) is 0. The quantitative estimate of drug-likeness (QED) is 0.384. The highest BCUT2D eigenvalue weighted by atomic mass is 19.1. The second-order valence-corrected chi connectivity index (χ2v) is 1.02. The molecule has 0 aliphatic heterocycles. The second-order valence-electron chi connectivity index (χ2n) is 1.02. The van der Waals surface area contributed by atoms with Crippen LogP contribution in [0.5, 0.6) is 0 Å². The minimum absolute atomic E-state index is 0.664. The normalized spacial score (nSPS) is 12.5. The van der Waals surface area contributed by atoms with Crippen molar-refractivity contribution in [3.63, 3.8) is 0 Å². The molecule has 0 unspecified atom stereocenters. The molecule has 8 heavy (non-hydrogen) atoms. The third-order valence-corrected chi connectivity index (χ3v) is 0.481. The summed E-state index contributed by atoms with van der Waals surface area (Å²) >= 11 is 0. The van der Waals surface area contributed by atoms with Crippen LogP contribution in [0.25, 0.3) is 0 Å². The zero-order chi connectivity index (χ0) is 6.41. The Labute approximate surface area is 47.5 Å². The summed E-state index contributed by atoms with van der Waals surface area (Å²) in [5.74, 6) is -0.664. The van der Waals surface area contributed by atoms with Crippen LogP contribution in [0.1, 0.15) is 6.92 Å². The maximum absolute atomic E-state index is 11.8. The lowest BCUT2D eigenvalue weighted by molar-refractivity contribution is 0.627. The first kappa shape index (κ1) is 7.01. The summed E-state index contributed by atoms with van der Waals surface area (Å²) in [5.41, 5.74) is 0. The van der Waals surface area contributed by atoms with E-state index in [1.54, 1.807) is 6.92 Å². The van der Waals surface area contributed by atoms with Crippen molar-refractivity contribution in [3.8, 4) is 0 Å². The Hall–Kier alpha value is -0.990. The molecule has 0 heterocycles. The Balaban J connectivity index is 3.74. The summed E-state index contributed by atoms with van der Waals surface area (Å²) in [6, 6.07) is 0. The van der Waals surface area contributed by atoms with Crippen molar-refractivity contribution in [1.29, 1.82) is 0 Å². The second kappa shape index (κ2) is 4.18. The molecule has 0 saturated heterocycles. The molecule has 0 aliphatic carbocycles. The number of hydrogen-bond acceptors (Lipinski definition) is 2. The Morgan fingerprint density at radius 2 is 2.38 bits per heavy atom. The number of hydrogen-bond donors (Lipinski definition) is 0. The molecule has 44 valence electrons. The van der Waals surface area contributed by atoms with Gasteiger partial charge in [-0.25, -0.2) is 4.99 Å². The minimum Gasteiger partial charge on any atom is -0.265 e. The van der Waals surface area contributed by atoms with E-state index >= 15 is 0 Å². The van der Waals surface area contributed by atoms with E-state index in [-0.39, 0.29) is 0 Å². The van der Waals surface area contributed by atoms with Crippen LogP contribution in [0.2, 0.25) is 0 Å². The van der Waals surface area contributed by atoms with Crippen LogP contribution in [-0.4, -0.2) is 12.9 Å². The van der Waals surface area contributed by atoms with E-state index in [0.29, 0.717) is 0 Å². The van der Waals surface area contributed by atoms with Crippen LogP contribution in [-0.2, 0) is 0 Å². The van der Waals surface area contributed by atoms with Crippen molar-refractivity contribution in [2.75, 3.05) is 0 Å². The molecule has 0 aromatic heterocycles. The SMILES string of the molecule is C=N/C(F)=C\N=CC. The predicted octanol–water partition coefficient (Wildman–Crippen LogP) is 1.55. The molecular weight excluding hydrogens is 107 g/mol. The van der Waals surface area contributed by atoms with E-state index in [1.165, 1.54) is 6.21 Å². The monoisotopic (exact) mass is 114 g/mol. The van der Waals surface area contributed by atoms with Crippen LogP contribution < -0.4 is 0 Å². The third-order valence-electron chi connectivity index (χ3n) is 0.481. The molecular formula is C5H7FN2. The average Bonchev–Trinajstić information content (AvgIpc) is 1.83. The van der Waals surface area contributed by atoms with Crippen molar-refractivity contribution in [1.82, 2.24) is 0 Å². The Morgan fingerprint density at radius 3 is 2.75 bits per heavy atom. The molecule has 0 rings (SSSR count). The molecule has 0 aromatic carbocycles. The van der Waals surface area contributed by atoms with E-state index in [2.05, 4.69) is 16.7 Å². The molecule has 0 aliphatic rings. The fraction of sp³-hybridized carbons (Fsp3) is 0.200. The first-order chi connectivity index (χ1) is 3.81. The fourth-order valence-corrected chi connectivity index (χ4v) is 0.177. The van der Waals surface area contributed by atoms with Crippen LogP contribution >= 0.6 is 0 Å². The highest BCUT2D eigenvalue weighted by molar-refractivity contribution is 5.54. The van der Waals surface area contributed by atoms with Gasteiger partial charge in [0.2, 0.25) is 5.95 Å². The maximum Gasteiger partial charge on any atom is 0.230 e. The van der Waals surface area contributed by atoms with E-state index in [9.17, 15) is 4.39 Å². The number of nitrogens with zero attached hydrogens (tertiary/aromatic N) is 2. The molecule has 0 radical (unpaired) electrons. The molecule has 0 atom stereocenters. The molecule has 0 fully saturated rings. The first-order valence-corrected chi connectivity index (χ1v) is 2.11. The lowest BCUT2D eigenvalue weighted by Crippen LogP contribution is -1.61. The van der Waals surface area contributed by atoms with Gasteiger partial charge in [0.25, 0.3) is 0 Å². The van der Waals surface area contributed by atoms with Crippen molar-refractivity contribution in [2.45, 2.75) is 6.92 Å². The lowest BCUT2D eigenvalue weighted by atomic mass is 10.8. The van der Waals surface area contributed by atoms with E-state index in [4.69, 9.17) is 0 Å². The van der Waals surface area contributed by atoms with Gasteiger partial charge in [-0.05, 0) is 13.6 Å². The summed E-state index contributed by atoms with van der Waals surface area (Å²) in [6.07, 6.45) is 2.46. The Morgan fingerprint density at radius 1 is 1.75 bits per heavy atom. The first-order valence-electron chi connectivity index (χ1n) is 2.11. The molecule has 0 aromatic rings. The molecule has 0 N–H and O–H groups in total. The molecule has 2 nitrogen and oxygen atoms in total. The highest BCUT2D eigenvalue weighted by Crippen LogP contribution is 1.94. The van der Waals surface area contributed by atoms with Gasteiger partial charge in [0.15, 0.2) is 0 Å². The largest absolute Gasteiger partial charge is 0.265 e. The van der Waals surface area contributed by atoms with Crippen molar-refractivity contribution >= 4 is 12.9 Å². The van der Waals surface area contributed by atoms with Crippen LogP contribution in [0, 0.1) is 0 Å². The van der Waals surface area contributed by atoms with Crippen molar-refractivity contribution < 1.29 is 4.39 Å². The van der Waals surface area contributed by atoms with Gasteiger partial charge >= 0.3 is 0 Å². The van der Waals surface area contributed by atoms with Crippen LogP contribution in [0.15, 0.2) is 22.1 Å². The van der Waals surface area contributed by atoms with E-state index < -0.39 is 5.95 Å². The minimum atomic E-state index is -0.664. The van der Waals surface area contributed by atoms with Gasteiger partial charge in [0.05, 0.1) is 6.20 Å². The van der Waals surface area contributed by atoms with Crippen LogP contribution in [0.4, 0.5) is 4.39 Å². The van der Waals surface area contributed by atoms with Gasteiger partial charge < -0.3 is 0 Å². The van der Waals surface area contributed by atoms with Gasteiger partial charge in [-0.3, -0.25) is 4.99 Å². The molecule has 3 heteroatoms. The average molecular weight is 114 g/mol. The highest BCUT2D eigenvalue weighted by Gasteiger charge is 1.78. The van der Waals surface area contributed by atoms with Crippen molar-refractivity contribution in [2.24, 2.45) is 9.98 Å². The summed E-state index contributed by atoms with van der Waals surface area (Å²) in [7, 11) is 0. The zero-order valence-corrected chi connectivity index (χ0v) is 4.63. The van der Waals surface area contributed by atoms with Gasteiger partial charge in [-0.2, -0.15) is 4.39 Å². The zero-order valence-electron chi connectivity index (χ0n) is 4.63. The number of aliphatic imine (C=N–C) groups is 2.